The minimum Gasteiger partial charge on any atom is -0.484 e. The van der Waals surface area contributed by atoms with Crippen LogP contribution in [0.5, 0.6) is 5.75 Å². The van der Waals surface area contributed by atoms with E-state index >= 15 is 0 Å². The zero-order chi connectivity index (χ0) is 16.8. The number of carbonyl (C=O) groups is 2. The second-order valence-corrected chi connectivity index (χ2v) is 4.81. The van der Waals surface area contributed by atoms with Crippen LogP contribution >= 0.6 is 11.6 Å². The molecule has 0 atom stereocenters. The SMILES string of the molecule is O=C(COc1ccc(F)cc1)NNC(=O)c1ccc(Cl)cc1F. The van der Waals surface area contributed by atoms with E-state index in [1.165, 1.54) is 36.4 Å². The Morgan fingerprint density at radius 2 is 1.74 bits per heavy atom. The Hall–Kier alpha value is -2.67. The Kier molecular flexibility index (Phi) is 5.48. The first-order valence-corrected chi connectivity index (χ1v) is 6.76. The van der Waals surface area contributed by atoms with Gasteiger partial charge in [0.25, 0.3) is 11.8 Å². The zero-order valence-electron chi connectivity index (χ0n) is 11.6. The lowest BCUT2D eigenvalue weighted by Gasteiger charge is -2.09. The van der Waals surface area contributed by atoms with Crippen LogP contribution in [0.3, 0.4) is 0 Å². The van der Waals surface area contributed by atoms with Gasteiger partial charge in [-0.3, -0.25) is 20.4 Å². The van der Waals surface area contributed by atoms with Crippen molar-refractivity contribution in [3.05, 3.63) is 64.7 Å². The van der Waals surface area contributed by atoms with Crippen molar-refractivity contribution >= 4 is 23.4 Å². The second-order valence-electron chi connectivity index (χ2n) is 4.37. The number of amides is 2. The van der Waals surface area contributed by atoms with E-state index in [0.717, 1.165) is 6.07 Å². The van der Waals surface area contributed by atoms with Crippen LogP contribution in [0, 0.1) is 11.6 Å². The van der Waals surface area contributed by atoms with E-state index in [1.807, 2.05) is 5.43 Å². The van der Waals surface area contributed by atoms with Gasteiger partial charge in [0, 0.05) is 5.02 Å². The summed E-state index contributed by atoms with van der Waals surface area (Å²) in [5, 5.41) is 0.149. The molecule has 120 valence electrons. The number of ether oxygens (including phenoxy) is 1. The molecule has 0 aliphatic rings. The summed E-state index contributed by atoms with van der Waals surface area (Å²) in [5.74, 6) is -2.46. The maximum Gasteiger partial charge on any atom is 0.276 e. The summed E-state index contributed by atoms with van der Waals surface area (Å²) in [6, 6.07) is 8.58. The van der Waals surface area contributed by atoms with Crippen LogP contribution in [-0.4, -0.2) is 18.4 Å². The number of hydrogen-bond donors (Lipinski definition) is 2. The minimum absolute atomic E-state index is 0.149. The normalized spacial score (nSPS) is 10.0. The van der Waals surface area contributed by atoms with Crippen LogP contribution in [0.4, 0.5) is 8.78 Å². The summed E-state index contributed by atoms with van der Waals surface area (Å²) in [4.78, 5) is 23.2. The molecule has 0 unspecified atom stereocenters. The van der Waals surface area contributed by atoms with Gasteiger partial charge in [0.05, 0.1) is 5.56 Å². The average Bonchev–Trinajstić information content (AvgIpc) is 2.52. The Balaban J connectivity index is 1.81. The van der Waals surface area contributed by atoms with E-state index in [1.54, 1.807) is 0 Å². The van der Waals surface area contributed by atoms with Crippen LogP contribution in [0.15, 0.2) is 42.5 Å². The fraction of sp³-hybridized carbons (Fsp3) is 0.0667. The summed E-state index contributed by atoms with van der Waals surface area (Å²) in [7, 11) is 0. The maximum atomic E-state index is 13.5. The molecule has 8 heteroatoms. The van der Waals surface area contributed by atoms with Crippen LogP contribution in [0.25, 0.3) is 0 Å². The molecule has 0 aromatic heterocycles. The lowest BCUT2D eigenvalue weighted by molar-refractivity contribution is -0.123. The van der Waals surface area contributed by atoms with Gasteiger partial charge in [-0.2, -0.15) is 0 Å². The van der Waals surface area contributed by atoms with Crippen LogP contribution in [0.1, 0.15) is 10.4 Å². The third kappa shape index (κ3) is 4.93. The van der Waals surface area contributed by atoms with Crippen molar-refractivity contribution in [3.8, 4) is 5.75 Å². The predicted molar refractivity (Wildman–Crippen MR) is 78.9 cm³/mol. The summed E-state index contributed by atoms with van der Waals surface area (Å²) < 4.78 is 31.3. The van der Waals surface area contributed by atoms with Crippen LogP contribution in [-0.2, 0) is 4.79 Å². The third-order valence-electron chi connectivity index (χ3n) is 2.67. The van der Waals surface area contributed by atoms with E-state index in [0.29, 0.717) is 0 Å². The fourth-order valence-corrected chi connectivity index (χ4v) is 1.74. The van der Waals surface area contributed by atoms with E-state index < -0.39 is 30.1 Å². The lowest BCUT2D eigenvalue weighted by atomic mass is 10.2. The smallest absolute Gasteiger partial charge is 0.276 e. The zero-order valence-corrected chi connectivity index (χ0v) is 12.4. The highest BCUT2D eigenvalue weighted by molar-refractivity contribution is 6.30. The Morgan fingerprint density at radius 3 is 2.39 bits per heavy atom. The fourth-order valence-electron chi connectivity index (χ4n) is 1.58. The molecule has 2 aromatic rings. The first kappa shape index (κ1) is 16.7. The van der Waals surface area contributed by atoms with Crippen LogP contribution < -0.4 is 15.6 Å². The maximum absolute atomic E-state index is 13.5. The first-order valence-electron chi connectivity index (χ1n) is 6.38. The highest BCUT2D eigenvalue weighted by Crippen LogP contribution is 2.14. The molecule has 23 heavy (non-hydrogen) atoms. The molecule has 0 heterocycles. The van der Waals surface area contributed by atoms with Gasteiger partial charge in [0.15, 0.2) is 6.61 Å². The van der Waals surface area contributed by atoms with E-state index in [9.17, 15) is 18.4 Å². The highest BCUT2D eigenvalue weighted by atomic mass is 35.5. The second kappa shape index (κ2) is 7.55. The summed E-state index contributed by atoms with van der Waals surface area (Å²) in [5.41, 5.74) is 3.84. The summed E-state index contributed by atoms with van der Waals surface area (Å²) in [6.45, 7) is -0.408. The standard InChI is InChI=1S/C15H11ClF2N2O3/c16-9-1-6-12(13(18)7-9)15(22)20-19-14(21)8-23-11-4-2-10(17)3-5-11/h1-7H,8H2,(H,19,21)(H,20,22). The minimum atomic E-state index is -0.839. The third-order valence-corrected chi connectivity index (χ3v) is 2.91. The van der Waals surface area contributed by atoms with Gasteiger partial charge >= 0.3 is 0 Å². The number of rotatable bonds is 4. The first-order chi connectivity index (χ1) is 11.0. The number of carbonyl (C=O) groups excluding carboxylic acids is 2. The topological polar surface area (TPSA) is 67.4 Å². The van der Waals surface area contributed by atoms with Crippen LogP contribution in [0.2, 0.25) is 5.02 Å². The predicted octanol–water partition coefficient (Wildman–Crippen LogP) is 2.46. The van der Waals surface area contributed by atoms with Gasteiger partial charge in [-0.25, -0.2) is 8.78 Å². The summed E-state index contributed by atoms with van der Waals surface area (Å²) in [6.07, 6.45) is 0. The molecule has 0 saturated heterocycles. The largest absolute Gasteiger partial charge is 0.484 e. The molecular formula is C15H11ClF2N2O3. The van der Waals surface area contributed by atoms with Crippen molar-refractivity contribution in [3.63, 3.8) is 0 Å². The quantitative estimate of drug-likeness (QED) is 0.840. The molecule has 2 N–H and O–H groups in total. The van der Waals surface area contributed by atoms with Crippen molar-refractivity contribution in [2.75, 3.05) is 6.61 Å². The number of halogens is 3. The van der Waals surface area contributed by atoms with E-state index in [2.05, 4.69) is 5.43 Å². The molecule has 0 spiro atoms. The molecule has 5 nitrogen and oxygen atoms in total. The van der Waals surface area contributed by atoms with Crippen molar-refractivity contribution < 1.29 is 23.1 Å². The summed E-state index contributed by atoms with van der Waals surface area (Å²) >= 11 is 5.58. The molecule has 2 rings (SSSR count). The monoisotopic (exact) mass is 340 g/mol. The van der Waals surface area contributed by atoms with Crippen molar-refractivity contribution in [1.82, 2.24) is 10.9 Å². The molecule has 0 radical (unpaired) electrons. The molecular weight excluding hydrogens is 330 g/mol. The van der Waals surface area contributed by atoms with Gasteiger partial charge in [0.2, 0.25) is 0 Å². The number of hydrazine groups is 1. The molecule has 2 amide bonds. The molecule has 2 aromatic carbocycles. The van der Waals surface area contributed by atoms with E-state index in [4.69, 9.17) is 16.3 Å². The van der Waals surface area contributed by atoms with Gasteiger partial charge < -0.3 is 4.74 Å². The molecule has 0 bridgehead atoms. The number of nitrogens with one attached hydrogen (secondary N) is 2. The van der Waals surface area contributed by atoms with Gasteiger partial charge in [0.1, 0.15) is 17.4 Å². The van der Waals surface area contributed by atoms with Gasteiger partial charge in [-0.05, 0) is 42.5 Å². The van der Waals surface area contributed by atoms with Crippen molar-refractivity contribution in [2.24, 2.45) is 0 Å². The van der Waals surface area contributed by atoms with Gasteiger partial charge in [-0.1, -0.05) is 11.6 Å². The highest BCUT2D eigenvalue weighted by Gasteiger charge is 2.13. The van der Waals surface area contributed by atoms with Crippen molar-refractivity contribution in [2.45, 2.75) is 0 Å². The Bertz CT molecular complexity index is 723. The molecule has 0 saturated carbocycles. The molecule has 0 aliphatic carbocycles. The Morgan fingerprint density at radius 1 is 1.04 bits per heavy atom. The van der Waals surface area contributed by atoms with E-state index in [-0.39, 0.29) is 16.3 Å². The number of hydrogen-bond acceptors (Lipinski definition) is 3. The van der Waals surface area contributed by atoms with Gasteiger partial charge in [-0.15, -0.1) is 0 Å². The lowest BCUT2D eigenvalue weighted by Crippen LogP contribution is -2.44. The Labute approximate surface area is 135 Å². The average molecular weight is 341 g/mol. The number of benzene rings is 2. The molecule has 0 fully saturated rings. The van der Waals surface area contributed by atoms with Crippen molar-refractivity contribution in [1.29, 1.82) is 0 Å². The molecule has 0 aliphatic heterocycles.